The molecule has 1 amide bonds. The molecule has 3 rings (SSSR count). The normalized spacial score (nSPS) is 21.2. The molecule has 0 saturated carbocycles. The molecule has 9 heteroatoms. The van der Waals surface area contributed by atoms with E-state index in [4.69, 9.17) is 20.9 Å². The highest BCUT2D eigenvalue weighted by Gasteiger charge is 2.34. The zero-order valence-electron chi connectivity index (χ0n) is 15.1. The van der Waals surface area contributed by atoms with Gasteiger partial charge in [0, 0.05) is 44.7 Å². The molecule has 26 heavy (non-hydrogen) atoms. The topological polar surface area (TPSA) is 84.6 Å². The smallest absolute Gasteiger partial charge is 0.255 e. The van der Waals surface area contributed by atoms with E-state index < -0.39 is 0 Å². The largest absolute Gasteiger partial charge is 0.377 e. The van der Waals surface area contributed by atoms with Crippen molar-refractivity contribution < 1.29 is 14.1 Å². The zero-order valence-corrected chi connectivity index (χ0v) is 15.8. The minimum absolute atomic E-state index is 0.0246. The Balaban J connectivity index is 1.66. The van der Waals surface area contributed by atoms with Crippen LogP contribution in [0.15, 0.2) is 23.0 Å². The Morgan fingerprint density at radius 2 is 2.15 bits per heavy atom. The fourth-order valence-corrected chi connectivity index (χ4v) is 3.30. The second-order valence-electron chi connectivity index (χ2n) is 6.38. The summed E-state index contributed by atoms with van der Waals surface area (Å²) in [6.07, 6.45) is 3.07. The van der Waals surface area contributed by atoms with Crippen molar-refractivity contribution in [2.45, 2.75) is 39.1 Å². The molecule has 0 N–H and O–H groups in total. The number of methoxy groups -OCH3 is 1. The molecule has 0 aliphatic carbocycles. The van der Waals surface area contributed by atoms with Crippen LogP contribution in [0.5, 0.6) is 0 Å². The van der Waals surface area contributed by atoms with Crippen LogP contribution < -0.4 is 0 Å². The van der Waals surface area contributed by atoms with Gasteiger partial charge >= 0.3 is 0 Å². The van der Waals surface area contributed by atoms with Crippen LogP contribution in [0.2, 0.25) is 5.02 Å². The van der Waals surface area contributed by atoms with E-state index in [0.717, 1.165) is 0 Å². The second-order valence-corrected chi connectivity index (χ2v) is 6.82. The third-order valence-electron chi connectivity index (χ3n) is 4.73. The van der Waals surface area contributed by atoms with Gasteiger partial charge in [-0.3, -0.25) is 14.7 Å². The number of pyridine rings is 1. The lowest BCUT2D eigenvalue weighted by Crippen LogP contribution is -2.58. The average molecular weight is 380 g/mol. The van der Waals surface area contributed by atoms with E-state index >= 15 is 0 Å². The molecule has 8 nitrogen and oxygen atoms in total. The Hall–Kier alpha value is -2.03. The number of carbonyl (C=O) groups excluding carboxylic acids is 1. The van der Waals surface area contributed by atoms with Gasteiger partial charge in [-0.15, -0.1) is 0 Å². The van der Waals surface area contributed by atoms with Crippen molar-refractivity contribution >= 4 is 17.5 Å². The predicted octanol–water partition coefficient (Wildman–Crippen LogP) is 2.00. The summed E-state index contributed by atoms with van der Waals surface area (Å²) >= 11 is 5.96. The lowest BCUT2D eigenvalue weighted by molar-refractivity contribution is 0.0216. The van der Waals surface area contributed by atoms with E-state index in [1.54, 1.807) is 19.4 Å². The summed E-state index contributed by atoms with van der Waals surface area (Å²) in [5, 5.41) is 4.34. The third kappa shape index (κ3) is 4.03. The number of piperazine rings is 1. The highest BCUT2D eigenvalue weighted by Crippen LogP contribution is 2.22. The maximum absolute atomic E-state index is 12.8. The molecule has 0 bridgehead atoms. The molecule has 0 radical (unpaired) electrons. The molecule has 0 spiro atoms. The summed E-state index contributed by atoms with van der Waals surface area (Å²) in [5.74, 6) is 1.03. The van der Waals surface area contributed by atoms with E-state index in [1.807, 2.05) is 11.8 Å². The van der Waals surface area contributed by atoms with Crippen LogP contribution >= 0.6 is 11.6 Å². The van der Waals surface area contributed by atoms with Crippen LogP contribution in [0.3, 0.4) is 0 Å². The lowest BCUT2D eigenvalue weighted by Gasteiger charge is -2.44. The first kappa shape index (κ1) is 18.8. The first-order chi connectivity index (χ1) is 12.5. The third-order valence-corrected chi connectivity index (χ3v) is 4.94. The van der Waals surface area contributed by atoms with Crippen LogP contribution in [0.4, 0.5) is 0 Å². The molecule has 1 saturated heterocycles. The summed E-state index contributed by atoms with van der Waals surface area (Å²) in [6.45, 7) is 6.32. The number of carbonyl (C=O) groups is 1. The van der Waals surface area contributed by atoms with Gasteiger partial charge in [0.15, 0.2) is 5.82 Å². The Morgan fingerprint density at radius 1 is 1.35 bits per heavy atom. The Kier molecular flexibility index (Phi) is 5.85. The Morgan fingerprint density at radius 3 is 2.88 bits per heavy atom. The fraction of sp³-hybridized carbons (Fsp3) is 0.529. The van der Waals surface area contributed by atoms with E-state index in [-0.39, 0.29) is 18.0 Å². The molecular formula is C17H22ClN5O3. The molecule has 2 aromatic rings. The molecule has 1 fully saturated rings. The number of amides is 1. The van der Waals surface area contributed by atoms with Gasteiger partial charge in [0.2, 0.25) is 5.89 Å². The van der Waals surface area contributed by atoms with Gasteiger partial charge in [0.05, 0.1) is 17.1 Å². The van der Waals surface area contributed by atoms with Crippen LogP contribution in [0, 0.1) is 0 Å². The van der Waals surface area contributed by atoms with Crippen molar-refractivity contribution in [1.82, 2.24) is 24.9 Å². The first-order valence-electron chi connectivity index (χ1n) is 8.45. The summed E-state index contributed by atoms with van der Waals surface area (Å²) in [4.78, 5) is 25.2. The number of hydrogen-bond donors (Lipinski definition) is 0. The number of ether oxygens (including phenoxy) is 1. The lowest BCUT2D eigenvalue weighted by atomic mass is 10.0. The molecular weight excluding hydrogens is 358 g/mol. The SMILES string of the molecule is COCc1noc(CN2CCN(C(=O)c3cncc(Cl)c3)[C@H](C)[C@H]2C)n1. The Bertz CT molecular complexity index is 768. The number of rotatable bonds is 5. The van der Waals surface area contributed by atoms with Crippen LogP contribution in [-0.2, 0) is 17.9 Å². The first-order valence-corrected chi connectivity index (χ1v) is 8.83. The van der Waals surface area contributed by atoms with Crippen molar-refractivity contribution in [1.29, 1.82) is 0 Å². The van der Waals surface area contributed by atoms with E-state index in [9.17, 15) is 4.79 Å². The summed E-state index contributed by atoms with van der Waals surface area (Å²) < 4.78 is 10.3. The quantitative estimate of drug-likeness (QED) is 0.785. The van der Waals surface area contributed by atoms with Gasteiger partial charge in [-0.25, -0.2) is 0 Å². The van der Waals surface area contributed by atoms with Crippen LogP contribution in [0.25, 0.3) is 0 Å². The molecule has 140 valence electrons. The molecule has 1 aliphatic heterocycles. The van der Waals surface area contributed by atoms with Crippen molar-refractivity contribution in [3.8, 4) is 0 Å². The van der Waals surface area contributed by atoms with Crippen molar-refractivity contribution in [2.24, 2.45) is 0 Å². The summed E-state index contributed by atoms with van der Waals surface area (Å²) in [6, 6.07) is 1.81. The van der Waals surface area contributed by atoms with Gasteiger partial charge in [0.25, 0.3) is 5.91 Å². The monoisotopic (exact) mass is 379 g/mol. The summed E-state index contributed by atoms with van der Waals surface area (Å²) in [7, 11) is 1.59. The van der Waals surface area contributed by atoms with Crippen LogP contribution in [0.1, 0.15) is 35.9 Å². The van der Waals surface area contributed by atoms with Gasteiger partial charge < -0.3 is 14.2 Å². The summed E-state index contributed by atoms with van der Waals surface area (Å²) in [5.41, 5.74) is 0.506. The van der Waals surface area contributed by atoms with Crippen molar-refractivity contribution in [3.63, 3.8) is 0 Å². The molecule has 0 aromatic carbocycles. The average Bonchev–Trinajstić information content (AvgIpc) is 3.06. The second kappa shape index (κ2) is 8.11. The maximum atomic E-state index is 12.8. The molecule has 3 heterocycles. The van der Waals surface area contributed by atoms with Crippen LogP contribution in [-0.4, -0.2) is 63.1 Å². The van der Waals surface area contributed by atoms with E-state index in [1.165, 1.54) is 6.20 Å². The van der Waals surface area contributed by atoms with Gasteiger partial charge in [-0.1, -0.05) is 16.8 Å². The van der Waals surface area contributed by atoms with E-state index in [0.29, 0.717) is 48.5 Å². The van der Waals surface area contributed by atoms with Gasteiger partial charge in [0.1, 0.15) is 6.61 Å². The van der Waals surface area contributed by atoms with Crippen molar-refractivity contribution in [2.75, 3.05) is 20.2 Å². The molecule has 1 aliphatic rings. The predicted molar refractivity (Wildman–Crippen MR) is 94.6 cm³/mol. The van der Waals surface area contributed by atoms with Gasteiger partial charge in [-0.05, 0) is 19.9 Å². The standard InChI is InChI=1S/C17H22ClN5O3/c1-11-12(2)23(17(24)13-6-14(18)8-19-7-13)5-4-22(11)9-16-20-15(10-25-3)21-26-16/h6-8,11-12H,4-5,9-10H2,1-3H3/t11-,12-/m1/s1. The van der Waals surface area contributed by atoms with E-state index in [2.05, 4.69) is 26.9 Å². The highest BCUT2D eigenvalue weighted by molar-refractivity contribution is 6.30. The zero-order chi connectivity index (χ0) is 18.7. The number of aromatic nitrogens is 3. The molecule has 2 aromatic heterocycles. The maximum Gasteiger partial charge on any atom is 0.255 e. The fourth-order valence-electron chi connectivity index (χ4n) is 3.13. The Labute approximate surface area is 157 Å². The van der Waals surface area contributed by atoms with Gasteiger partial charge in [-0.2, -0.15) is 4.98 Å². The number of nitrogens with zero attached hydrogens (tertiary/aromatic N) is 5. The highest BCUT2D eigenvalue weighted by atomic mass is 35.5. The number of halogens is 1. The minimum atomic E-state index is -0.0563. The minimum Gasteiger partial charge on any atom is -0.377 e. The molecule has 2 atom stereocenters. The molecule has 0 unspecified atom stereocenters. The number of hydrogen-bond acceptors (Lipinski definition) is 7. The van der Waals surface area contributed by atoms with Crippen molar-refractivity contribution in [3.05, 3.63) is 40.8 Å².